The number of allylic oxidation sites excluding steroid dienone is 2. The molecule has 9 nitrogen and oxygen atoms in total. The number of ether oxygens (including phenoxy) is 2. The summed E-state index contributed by atoms with van der Waals surface area (Å²) in [5.41, 5.74) is 3.07. The van der Waals surface area contributed by atoms with Crippen LogP contribution in [0.15, 0.2) is 78.9 Å². The summed E-state index contributed by atoms with van der Waals surface area (Å²) >= 11 is 0. The van der Waals surface area contributed by atoms with Crippen LogP contribution in [0.1, 0.15) is 40.7 Å². The zero-order valence-electron chi connectivity index (χ0n) is 23.2. The molecule has 9 heteroatoms. The van der Waals surface area contributed by atoms with E-state index in [9.17, 15) is 19.2 Å². The molecule has 6 rings (SSSR count). The van der Waals surface area contributed by atoms with Crippen LogP contribution >= 0.6 is 0 Å². The molecule has 214 valence electrons. The maximum Gasteiger partial charge on any atom is 0.299 e. The fourth-order valence-corrected chi connectivity index (χ4v) is 5.85. The number of rotatable bonds is 8. The summed E-state index contributed by atoms with van der Waals surface area (Å²) in [5.74, 6) is -1.16. The molecular formula is C33H31N3O6. The van der Waals surface area contributed by atoms with Crippen LogP contribution in [-0.4, -0.2) is 47.8 Å². The molecule has 1 N–H and O–H groups in total. The van der Waals surface area contributed by atoms with E-state index < -0.39 is 23.6 Å². The van der Waals surface area contributed by atoms with Gasteiger partial charge in [0.2, 0.25) is 18.6 Å². The molecule has 0 saturated heterocycles. The first-order valence-corrected chi connectivity index (χ1v) is 14.1. The second-order valence-electron chi connectivity index (χ2n) is 10.7. The second-order valence-corrected chi connectivity index (χ2v) is 10.7. The summed E-state index contributed by atoms with van der Waals surface area (Å²) in [6.07, 6.45) is 6.27. The average molecular weight is 566 g/mol. The van der Waals surface area contributed by atoms with E-state index in [1.807, 2.05) is 37.3 Å². The van der Waals surface area contributed by atoms with Crippen molar-refractivity contribution in [2.24, 2.45) is 5.92 Å². The van der Waals surface area contributed by atoms with Gasteiger partial charge in [0.1, 0.15) is 12.6 Å². The first-order valence-electron chi connectivity index (χ1n) is 14.1. The van der Waals surface area contributed by atoms with Crippen molar-refractivity contribution in [2.45, 2.75) is 38.8 Å². The summed E-state index contributed by atoms with van der Waals surface area (Å²) in [6, 6.07) is 18.7. The Morgan fingerprint density at radius 3 is 2.60 bits per heavy atom. The Hall–Kier alpha value is -4.92. The summed E-state index contributed by atoms with van der Waals surface area (Å²) in [4.78, 5) is 56.8. The zero-order valence-corrected chi connectivity index (χ0v) is 23.2. The van der Waals surface area contributed by atoms with Crippen LogP contribution in [0, 0.1) is 12.8 Å². The number of para-hydroxylation sites is 1. The number of benzene rings is 3. The van der Waals surface area contributed by atoms with Gasteiger partial charge in [0.05, 0.1) is 11.3 Å². The van der Waals surface area contributed by atoms with Gasteiger partial charge in [-0.1, -0.05) is 48.6 Å². The van der Waals surface area contributed by atoms with Crippen LogP contribution in [-0.2, 0) is 20.9 Å². The lowest BCUT2D eigenvalue weighted by atomic mass is 9.85. The number of nitrogens with zero attached hydrogens (tertiary/aromatic N) is 2. The average Bonchev–Trinajstić information content (AvgIpc) is 3.57. The highest BCUT2D eigenvalue weighted by Crippen LogP contribution is 2.35. The van der Waals surface area contributed by atoms with Crippen LogP contribution < -0.4 is 19.7 Å². The third-order valence-corrected chi connectivity index (χ3v) is 8.10. The van der Waals surface area contributed by atoms with Crippen molar-refractivity contribution < 1.29 is 28.7 Å². The molecule has 3 aromatic carbocycles. The highest BCUT2D eigenvalue weighted by molar-refractivity contribution is 6.52. The van der Waals surface area contributed by atoms with Crippen molar-refractivity contribution in [1.29, 1.82) is 0 Å². The van der Waals surface area contributed by atoms with E-state index in [1.54, 1.807) is 47.4 Å². The van der Waals surface area contributed by atoms with Gasteiger partial charge in [-0.15, -0.1) is 0 Å². The van der Waals surface area contributed by atoms with Crippen LogP contribution in [0.2, 0.25) is 0 Å². The lowest BCUT2D eigenvalue weighted by Gasteiger charge is -2.38. The molecule has 42 heavy (non-hydrogen) atoms. The molecule has 0 saturated carbocycles. The van der Waals surface area contributed by atoms with Crippen molar-refractivity contribution in [1.82, 2.24) is 4.90 Å². The maximum absolute atomic E-state index is 14.3. The van der Waals surface area contributed by atoms with Crippen molar-refractivity contribution in [3.05, 3.63) is 95.6 Å². The normalized spacial score (nSPS) is 17.6. The summed E-state index contributed by atoms with van der Waals surface area (Å²) in [5, 5.41) is 3.00. The van der Waals surface area contributed by atoms with Crippen molar-refractivity contribution in [2.75, 3.05) is 23.6 Å². The maximum atomic E-state index is 14.3. The number of carbonyl (C=O) groups excluding carboxylic acids is 4. The molecule has 3 aromatic rings. The van der Waals surface area contributed by atoms with E-state index in [-0.39, 0.29) is 37.3 Å². The molecule has 0 fully saturated rings. The van der Waals surface area contributed by atoms with Gasteiger partial charge in [0.25, 0.3) is 11.7 Å². The number of carbonyl (C=O) groups is 4. The summed E-state index contributed by atoms with van der Waals surface area (Å²) in [6.45, 7) is 1.89. The third-order valence-electron chi connectivity index (χ3n) is 8.10. The predicted octanol–water partition coefficient (Wildman–Crippen LogP) is 4.65. The summed E-state index contributed by atoms with van der Waals surface area (Å²) in [7, 11) is 0. The Morgan fingerprint density at radius 2 is 1.79 bits per heavy atom. The Balaban J connectivity index is 1.35. The highest BCUT2D eigenvalue weighted by Gasteiger charge is 2.41. The molecule has 1 aliphatic carbocycles. The van der Waals surface area contributed by atoms with Crippen molar-refractivity contribution in [3.8, 4) is 11.5 Å². The molecule has 0 spiro atoms. The minimum absolute atomic E-state index is 0.114. The lowest BCUT2D eigenvalue weighted by Crippen LogP contribution is -2.54. The van der Waals surface area contributed by atoms with Crippen molar-refractivity contribution >= 4 is 34.9 Å². The topological polar surface area (TPSA) is 105 Å². The summed E-state index contributed by atoms with van der Waals surface area (Å²) < 4.78 is 10.9. The Bertz CT molecular complexity index is 1600. The van der Waals surface area contributed by atoms with E-state index in [4.69, 9.17) is 9.47 Å². The number of nitrogens with one attached hydrogen (secondary N) is 1. The van der Waals surface area contributed by atoms with Crippen LogP contribution in [0.4, 0.5) is 11.4 Å². The van der Waals surface area contributed by atoms with E-state index in [0.29, 0.717) is 29.3 Å². The van der Waals surface area contributed by atoms with Gasteiger partial charge in [0, 0.05) is 18.3 Å². The zero-order chi connectivity index (χ0) is 29.2. The Kier molecular flexibility index (Phi) is 7.48. The van der Waals surface area contributed by atoms with Gasteiger partial charge in [-0.3, -0.25) is 24.1 Å². The number of aryl methyl sites for hydroxylation is 1. The number of anilines is 2. The van der Waals surface area contributed by atoms with Crippen LogP contribution in [0.5, 0.6) is 11.5 Å². The van der Waals surface area contributed by atoms with Gasteiger partial charge in [-0.2, -0.15) is 0 Å². The minimum Gasteiger partial charge on any atom is -0.454 e. The quantitative estimate of drug-likeness (QED) is 0.315. The Labute approximate surface area is 243 Å². The number of hydrogen-bond acceptors (Lipinski definition) is 6. The smallest absolute Gasteiger partial charge is 0.299 e. The highest BCUT2D eigenvalue weighted by atomic mass is 16.7. The van der Waals surface area contributed by atoms with Gasteiger partial charge in [0.15, 0.2) is 11.5 Å². The van der Waals surface area contributed by atoms with Crippen LogP contribution in [0.3, 0.4) is 0 Å². The van der Waals surface area contributed by atoms with E-state index >= 15 is 0 Å². The fourth-order valence-electron chi connectivity index (χ4n) is 5.85. The standard InChI is InChI=1S/C33H31N3O6/c1-21-9-5-6-12-23(21)18-36(29(37)19-35-26-14-8-7-13-25(26)31(38)33(35)40)30(22-10-3-2-4-11-22)32(39)34-24-15-16-27-28(17-24)42-20-41-27/h2-3,5-9,12-17,22,30H,4,10-11,18-20H2,1H3,(H,34,39). The number of hydrogen-bond donors (Lipinski definition) is 1. The second kappa shape index (κ2) is 11.5. The number of fused-ring (bicyclic) bond motifs is 2. The van der Waals surface area contributed by atoms with Crippen molar-refractivity contribution in [3.63, 3.8) is 0 Å². The van der Waals surface area contributed by atoms with Gasteiger partial charge >= 0.3 is 0 Å². The monoisotopic (exact) mass is 565 g/mol. The van der Waals surface area contributed by atoms with Gasteiger partial charge in [-0.25, -0.2) is 0 Å². The third kappa shape index (κ3) is 5.25. The molecule has 0 bridgehead atoms. The Morgan fingerprint density at radius 1 is 1.00 bits per heavy atom. The molecule has 3 amide bonds. The minimum atomic E-state index is -0.837. The first kappa shape index (κ1) is 27.3. The molecule has 2 atom stereocenters. The molecule has 2 heterocycles. The largest absolute Gasteiger partial charge is 0.454 e. The van der Waals surface area contributed by atoms with Gasteiger partial charge in [-0.05, 0) is 67.5 Å². The molecule has 3 aliphatic rings. The van der Waals surface area contributed by atoms with E-state index in [1.165, 1.54) is 4.90 Å². The predicted molar refractivity (Wildman–Crippen MR) is 156 cm³/mol. The SMILES string of the molecule is Cc1ccccc1CN(C(=O)CN1C(=O)C(=O)c2ccccc21)C(C(=O)Nc1ccc2c(c1)OCO2)C1CC=CCC1. The van der Waals surface area contributed by atoms with Crippen LogP contribution in [0.25, 0.3) is 0 Å². The number of Topliss-reactive ketones (excluding diaryl/α,β-unsaturated/α-hetero) is 1. The molecular weight excluding hydrogens is 534 g/mol. The molecule has 2 unspecified atom stereocenters. The molecule has 0 aromatic heterocycles. The lowest BCUT2D eigenvalue weighted by molar-refractivity contribution is -0.140. The first-order chi connectivity index (χ1) is 20.4. The number of amides is 3. The molecule has 0 radical (unpaired) electrons. The van der Waals surface area contributed by atoms with Gasteiger partial charge < -0.3 is 19.7 Å². The molecule has 2 aliphatic heterocycles. The van der Waals surface area contributed by atoms with E-state index in [0.717, 1.165) is 24.0 Å². The number of ketones is 1. The fraction of sp³-hybridized carbons (Fsp3) is 0.273. The van der Waals surface area contributed by atoms with E-state index in [2.05, 4.69) is 11.4 Å².